The second kappa shape index (κ2) is 6.91. The summed E-state index contributed by atoms with van der Waals surface area (Å²) in [6.07, 6.45) is 8.34. The van der Waals surface area contributed by atoms with Gasteiger partial charge in [-0.3, -0.25) is 0 Å². The van der Waals surface area contributed by atoms with Crippen LogP contribution < -0.4 is 5.32 Å². The summed E-state index contributed by atoms with van der Waals surface area (Å²) in [6, 6.07) is 9.55. The van der Waals surface area contributed by atoms with E-state index in [1.165, 1.54) is 30.4 Å². The first-order valence-corrected chi connectivity index (χ1v) is 7.64. The quantitative estimate of drug-likeness (QED) is 0.848. The van der Waals surface area contributed by atoms with Gasteiger partial charge in [-0.15, -0.1) is 0 Å². The molecule has 1 saturated heterocycles. The smallest absolute Gasteiger partial charge is 0.0255 e. The molecule has 1 aromatic rings. The standard InChI is InChI=1S/C18H27N/c1-14(2)12-17-6-4-16(5-7-17)8-9-18-13-15(3)10-11-19-18/h4-9,14-15,18-19H,10-13H2,1-3H3/b9-8+. The number of piperidine rings is 1. The average molecular weight is 257 g/mol. The maximum Gasteiger partial charge on any atom is 0.0255 e. The molecule has 104 valence electrons. The number of nitrogens with one attached hydrogen (secondary N) is 1. The zero-order chi connectivity index (χ0) is 13.7. The Bertz CT molecular complexity index is 402. The van der Waals surface area contributed by atoms with Crippen LogP contribution in [0.2, 0.25) is 0 Å². The van der Waals surface area contributed by atoms with Crippen molar-refractivity contribution in [2.75, 3.05) is 6.54 Å². The van der Waals surface area contributed by atoms with Crippen LogP contribution in [-0.4, -0.2) is 12.6 Å². The lowest BCUT2D eigenvalue weighted by Gasteiger charge is -2.25. The Hall–Kier alpha value is -1.08. The molecule has 1 heterocycles. The number of hydrogen-bond acceptors (Lipinski definition) is 1. The fourth-order valence-corrected chi connectivity index (χ4v) is 2.76. The highest BCUT2D eigenvalue weighted by Crippen LogP contribution is 2.17. The van der Waals surface area contributed by atoms with Crippen molar-refractivity contribution in [3.05, 3.63) is 41.5 Å². The highest BCUT2D eigenvalue weighted by Gasteiger charge is 2.15. The van der Waals surface area contributed by atoms with Crippen LogP contribution in [0.5, 0.6) is 0 Å². The van der Waals surface area contributed by atoms with Crippen molar-refractivity contribution < 1.29 is 0 Å². The fraction of sp³-hybridized carbons (Fsp3) is 0.556. The molecule has 0 saturated carbocycles. The molecule has 0 aromatic heterocycles. The number of rotatable bonds is 4. The van der Waals surface area contributed by atoms with E-state index in [0.717, 1.165) is 18.4 Å². The fourth-order valence-electron chi connectivity index (χ4n) is 2.76. The van der Waals surface area contributed by atoms with Gasteiger partial charge in [-0.2, -0.15) is 0 Å². The third-order valence-electron chi connectivity index (χ3n) is 3.84. The largest absolute Gasteiger partial charge is 0.310 e. The first-order valence-electron chi connectivity index (χ1n) is 7.64. The molecule has 1 fully saturated rings. The molecule has 19 heavy (non-hydrogen) atoms. The van der Waals surface area contributed by atoms with Crippen LogP contribution in [0, 0.1) is 11.8 Å². The molecule has 0 aliphatic carbocycles. The van der Waals surface area contributed by atoms with Crippen LogP contribution in [0.4, 0.5) is 0 Å². The van der Waals surface area contributed by atoms with Gasteiger partial charge in [-0.1, -0.05) is 57.2 Å². The first kappa shape index (κ1) is 14.3. The van der Waals surface area contributed by atoms with E-state index in [2.05, 4.69) is 62.5 Å². The van der Waals surface area contributed by atoms with Crippen molar-refractivity contribution in [1.82, 2.24) is 5.32 Å². The van der Waals surface area contributed by atoms with E-state index in [4.69, 9.17) is 0 Å². The van der Waals surface area contributed by atoms with Crippen LogP contribution >= 0.6 is 0 Å². The van der Waals surface area contributed by atoms with Gasteiger partial charge in [0.05, 0.1) is 0 Å². The van der Waals surface area contributed by atoms with Crippen LogP contribution in [0.1, 0.15) is 44.7 Å². The SMILES string of the molecule is CC(C)Cc1ccc(/C=C/C2CC(C)CCN2)cc1. The molecule has 2 unspecified atom stereocenters. The molecule has 2 rings (SSSR count). The Morgan fingerprint density at radius 2 is 2.00 bits per heavy atom. The van der Waals surface area contributed by atoms with Crippen molar-refractivity contribution in [3.63, 3.8) is 0 Å². The van der Waals surface area contributed by atoms with Crippen molar-refractivity contribution in [2.45, 2.75) is 46.1 Å². The Balaban J connectivity index is 1.91. The Morgan fingerprint density at radius 1 is 1.26 bits per heavy atom. The lowest BCUT2D eigenvalue weighted by Crippen LogP contribution is -2.35. The molecule has 1 N–H and O–H groups in total. The summed E-state index contributed by atoms with van der Waals surface area (Å²) in [7, 11) is 0. The van der Waals surface area contributed by atoms with E-state index in [1.54, 1.807) is 0 Å². The van der Waals surface area contributed by atoms with E-state index in [9.17, 15) is 0 Å². The van der Waals surface area contributed by atoms with Gasteiger partial charge in [-0.25, -0.2) is 0 Å². The topological polar surface area (TPSA) is 12.0 Å². The molecule has 2 atom stereocenters. The highest BCUT2D eigenvalue weighted by molar-refractivity contribution is 5.50. The number of benzene rings is 1. The van der Waals surface area contributed by atoms with Crippen molar-refractivity contribution in [2.24, 2.45) is 11.8 Å². The second-order valence-electron chi connectivity index (χ2n) is 6.39. The molecule has 1 aliphatic rings. The van der Waals surface area contributed by atoms with E-state index in [1.807, 2.05) is 0 Å². The third-order valence-corrected chi connectivity index (χ3v) is 3.84. The van der Waals surface area contributed by atoms with E-state index in [-0.39, 0.29) is 0 Å². The normalized spacial score (nSPS) is 24.2. The van der Waals surface area contributed by atoms with Crippen LogP contribution in [0.25, 0.3) is 6.08 Å². The second-order valence-corrected chi connectivity index (χ2v) is 6.39. The minimum absolute atomic E-state index is 0.555. The molecular formula is C18H27N. The van der Waals surface area contributed by atoms with Crippen LogP contribution in [-0.2, 0) is 6.42 Å². The summed E-state index contributed by atoms with van der Waals surface area (Å²) in [6.45, 7) is 8.04. The predicted octanol–water partition coefficient (Wildman–Crippen LogP) is 4.29. The van der Waals surface area contributed by atoms with Crippen molar-refractivity contribution >= 4 is 6.08 Å². The predicted molar refractivity (Wildman–Crippen MR) is 84.2 cm³/mol. The van der Waals surface area contributed by atoms with Crippen LogP contribution in [0.3, 0.4) is 0 Å². The van der Waals surface area contributed by atoms with Gasteiger partial charge in [0, 0.05) is 6.04 Å². The molecule has 1 heteroatoms. The maximum atomic E-state index is 3.57. The highest BCUT2D eigenvalue weighted by atomic mass is 14.9. The summed E-state index contributed by atoms with van der Waals surface area (Å²) in [4.78, 5) is 0. The van der Waals surface area contributed by atoms with E-state index >= 15 is 0 Å². The molecular weight excluding hydrogens is 230 g/mol. The molecule has 0 radical (unpaired) electrons. The first-order chi connectivity index (χ1) is 9.13. The minimum Gasteiger partial charge on any atom is -0.310 e. The summed E-state index contributed by atoms with van der Waals surface area (Å²) in [5.74, 6) is 1.58. The van der Waals surface area contributed by atoms with Crippen molar-refractivity contribution in [1.29, 1.82) is 0 Å². The lowest BCUT2D eigenvalue weighted by molar-refractivity contribution is 0.357. The van der Waals surface area contributed by atoms with Gasteiger partial charge >= 0.3 is 0 Å². The summed E-state index contributed by atoms with van der Waals surface area (Å²) in [5.41, 5.74) is 2.75. The molecule has 0 spiro atoms. The zero-order valence-corrected chi connectivity index (χ0v) is 12.5. The average Bonchev–Trinajstić information content (AvgIpc) is 2.37. The minimum atomic E-state index is 0.555. The Labute approximate surface area is 118 Å². The molecule has 1 aliphatic heterocycles. The summed E-state index contributed by atoms with van der Waals surface area (Å²) < 4.78 is 0. The zero-order valence-electron chi connectivity index (χ0n) is 12.5. The van der Waals surface area contributed by atoms with Gasteiger partial charge in [-0.05, 0) is 48.8 Å². The van der Waals surface area contributed by atoms with E-state index < -0.39 is 0 Å². The molecule has 0 amide bonds. The summed E-state index contributed by atoms with van der Waals surface area (Å²) in [5, 5.41) is 3.57. The van der Waals surface area contributed by atoms with Gasteiger partial charge < -0.3 is 5.32 Å². The van der Waals surface area contributed by atoms with E-state index in [0.29, 0.717) is 6.04 Å². The number of hydrogen-bond donors (Lipinski definition) is 1. The van der Waals surface area contributed by atoms with Gasteiger partial charge in [0.15, 0.2) is 0 Å². The summed E-state index contributed by atoms with van der Waals surface area (Å²) >= 11 is 0. The van der Waals surface area contributed by atoms with Crippen LogP contribution in [0.15, 0.2) is 30.3 Å². The molecule has 0 bridgehead atoms. The third kappa shape index (κ3) is 4.83. The maximum absolute atomic E-state index is 3.57. The van der Waals surface area contributed by atoms with Gasteiger partial charge in [0.1, 0.15) is 0 Å². The van der Waals surface area contributed by atoms with Crippen molar-refractivity contribution in [3.8, 4) is 0 Å². The lowest BCUT2D eigenvalue weighted by atomic mass is 9.94. The Kier molecular flexibility index (Phi) is 5.21. The van der Waals surface area contributed by atoms with Gasteiger partial charge in [0.2, 0.25) is 0 Å². The Morgan fingerprint density at radius 3 is 2.63 bits per heavy atom. The molecule has 1 aromatic carbocycles. The van der Waals surface area contributed by atoms with Gasteiger partial charge in [0.25, 0.3) is 0 Å². The monoisotopic (exact) mass is 257 g/mol. The molecule has 1 nitrogen and oxygen atoms in total.